The highest BCUT2D eigenvalue weighted by Gasteiger charge is 2.06. The van der Waals surface area contributed by atoms with E-state index in [4.69, 9.17) is 17.3 Å². The SMILES string of the molecule is NCCCc1nc2c(Cl)cccc2c(=O)[nH]1. The molecule has 0 aliphatic carbocycles. The van der Waals surface area contributed by atoms with E-state index >= 15 is 0 Å². The molecule has 0 saturated heterocycles. The zero-order valence-electron chi connectivity index (χ0n) is 8.66. The number of benzene rings is 1. The average Bonchev–Trinajstić information content (AvgIpc) is 2.28. The van der Waals surface area contributed by atoms with E-state index in [1.807, 2.05) is 0 Å². The second-order valence-corrected chi connectivity index (χ2v) is 3.95. The Bertz CT molecular complexity index is 565. The molecule has 84 valence electrons. The molecule has 0 aliphatic rings. The Morgan fingerprint density at radius 1 is 1.44 bits per heavy atom. The molecule has 0 bridgehead atoms. The summed E-state index contributed by atoms with van der Waals surface area (Å²) in [6, 6.07) is 5.17. The zero-order chi connectivity index (χ0) is 11.5. The van der Waals surface area contributed by atoms with Crippen molar-refractivity contribution in [3.63, 3.8) is 0 Å². The lowest BCUT2D eigenvalue weighted by atomic mass is 10.2. The van der Waals surface area contributed by atoms with Crippen LogP contribution >= 0.6 is 11.6 Å². The number of aromatic amines is 1. The van der Waals surface area contributed by atoms with Crippen molar-refractivity contribution in [2.24, 2.45) is 5.73 Å². The summed E-state index contributed by atoms with van der Waals surface area (Å²) in [5, 5.41) is 1.02. The van der Waals surface area contributed by atoms with E-state index in [-0.39, 0.29) is 5.56 Å². The molecule has 0 aliphatic heterocycles. The standard InChI is InChI=1S/C11H12ClN3O/c12-8-4-1-3-7-10(8)14-9(5-2-6-13)15-11(7)16/h1,3-4H,2,5-6,13H2,(H,14,15,16). The van der Waals surface area contributed by atoms with Crippen LogP contribution in [0.3, 0.4) is 0 Å². The first-order valence-corrected chi connectivity index (χ1v) is 5.47. The van der Waals surface area contributed by atoms with Crippen LogP contribution in [0.15, 0.2) is 23.0 Å². The van der Waals surface area contributed by atoms with E-state index in [0.29, 0.717) is 34.7 Å². The minimum Gasteiger partial charge on any atom is -0.330 e. The van der Waals surface area contributed by atoms with Crippen molar-refractivity contribution in [2.45, 2.75) is 12.8 Å². The molecule has 0 radical (unpaired) electrons. The lowest BCUT2D eigenvalue weighted by molar-refractivity contribution is 0.782. The number of rotatable bonds is 3. The first-order chi connectivity index (χ1) is 7.72. The van der Waals surface area contributed by atoms with E-state index in [9.17, 15) is 4.79 Å². The average molecular weight is 238 g/mol. The highest BCUT2D eigenvalue weighted by atomic mass is 35.5. The van der Waals surface area contributed by atoms with E-state index in [0.717, 1.165) is 6.42 Å². The third-order valence-electron chi connectivity index (χ3n) is 2.35. The Morgan fingerprint density at radius 3 is 3.00 bits per heavy atom. The van der Waals surface area contributed by atoms with Gasteiger partial charge in [-0.05, 0) is 25.1 Å². The predicted octanol–water partition coefficient (Wildman–Crippen LogP) is 1.47. The summed E-state index contributed by atoms with van der Waals surface area (Å²) < 4.78 is 0. The summed E-state index contributed by atoms with van der Waals surface area (Å²) in [6.07, 6.45) is 1.45. The van der Waals surface area contributed by atoms with Gasteiger partial charge in [0.2, 0.25) is 0 Å². The third kappa shape index (κ3) is 2.08. The first kappa shape index (κ1) is 11.1. The van der Waals surface area contributed by atoms with Crippen LogP contribution in [0.25, 0.3) is 10.9 Å². The molecule has 5 heteroatoms. The van der Waals surface area contributed by atoms with Gasteiger partial charge in [0.05, 0.1) is 15.9 Å². The topological polar surface area (TPSA) is 71.8 Å². The number of nitrogens with one attached hydrogen (secondary N) is 1. The van der Waals surface area contributed by atoms with Crippen LogP contribution < -0.4 is 11.3 Å². The van der Waals surface area contributed by atoms with Gasteiger partial charge in [-0.2, -0.15) is 0 Å². The molecule has 1 aromatic heterocycles. The molecular weight excluding hydrogens is 226 g/mol. The van der Waals surface area contributed by atoms with Gasteiger partial charge >= 0.3 is 0 Å². The summed E-state index contributed by atoms with van der Waals surface area (Å²) in [7, 11) is 0. The Labute approximate surface area is 97.5 Å². The Morgan fingerprint density at radius 2 is 2.25 bits per heavy atom. The molecule has 1 heterocycles. The van der Waals surface area contributed by atoms with Gasteiger partial charge in [-0.25, -0.2) is 4.98 Å². The molecule has 0 amide bonds. The van der Waals surface area contributed by atoms with Crippen LogP contribution in [0.1, 0.15) is 12.2 Å². The lowest BCUT2D eigenvalue weighted by Gasteiger charge is -2.03. The van der Waals surface area contributed by atoms with Gasteiger partial charge in [0, 0.05) is 6.42 Å². The minimum absolute atomic E-state index is 0.153. The maximum atomic E-state index is 11.7. The summed E-state index contributed by atoms with van der Waals surface area (Å²) in [4.78, 5) is 18.8. The molecule has 0 saturated carbocycles. The van der Waals surface area contributed by atoms with Crippen LogP contribution in [0.5, 0.6) is 0 Å². The number of nitrogens with two attached hydrogens (primary N) is 1. The number of hydrogen-bond donors (Lipinski definition) is 2. The highest BCUT2D eigenvalue weighted by molar-refractivity contribution is 6.34. The lowest BCUT2D eigenvalue weighted by Crippen LogP contribution is -2.13. The summed E-state index contributed by atoms with van der Waals surface area (Å²) in [6.45, 7) is 0.574. The maximum Gasteiger partial charge on any atom is 0.258 e. The van der Waals surface area contributed by atoms with Crippen LogP contribution in [-0.4, -0.2) is 16.5 Å². The fraction of sp³-hybridized carbons (Fsp3) is 0.273. The molecule has 16 heavy (non-hydrogen) atoms. The van der Waals surface area contributed by atoms with Crippen molar-refractivity contribution in [1.29, 1.82) is 0 Å². The number of halogens is 1. The van der Waals surface area contributed by atoms with Crippen molar-refractivity contribution >= 4 is 22.5 Å². The second kappa shape index (κ2) is 4.63. The molecule has 4 nitrogen and oxygen atoms in total. The van der Waals surface area contributed by atoms with Gasteiger partial charge in [0.25, 0.3) is 5.56 Å². The minimum atomic E-state index is -0.153. The Kier molecular flexibility index (Phi) is 3.22. The maximum absolute atomic E-state index is 11.7. The van der Waals surface area contributed by atoms with E-state index < -0.39 is 0 Å². The molecular formula is C11H12ClN3O. The van der Waals surface area contributed by atoms with E-state index in [1.54, 1.807) is 18.2 Å². The Hall–Kier alpha value is -1.39. The molecule has 2 aromatic rings. The number of nitrogens with zero attached hydrogens (tertiary/aromatic N) is 1. The van der Waals surface area contributed by atoms with E-state index in [1.165, 1.54) is 0 Å². The number of para-hydroxylation sites is 1. The second-order valence-electron chi connectivity index (χ2n) is 3.54. The molecule has 0 fully saturated rings. The largest absolute Gasteiger partial charge is 0.330 e. The quantitative estimate of drug-likeness (QED) is 0.849. The molecule has 0 unspecified atom stereocenters. The van der Waals surface area contributed by atoms with Gasteiger partial charge in [0.15, 0.2) is 0 Å². The van der Waals surface area contributed by atoms with Crippen LogP contribution in [-0.2, 0) is 6.42 Å². The molecule has 0 spiro atoms. The zero-order valence-corrected chi connectivity index (χ0v) is 9.42. The van der Waals surface area contributed by atoms with Crippen molar-refractivity contribution in [3.05, 3.63) is 39.4 Å². The van der Waals surface area contributed by atoms with Crippen LogP contribution in [0.2, 0.25) is 5.02 Å². The fourth-order valence-corrected chi connectivity index (χ4v) is 1.78. The fourth-order valence-electron chi connectivity index (χ4n) is 1.56. The number of aryl methyl sites for hydroxylation is 1. The summed E-state index contributed by atoms with van der Waals surface area (Å²) in [5.74, 6) is 0.635. The van der Waals surface area contributed by atoms with Gasteiger partial charge in [0.1, 0.15) is 5.82 Å². The van der Waals surface area contributed by atoms with Gasteiger partial charge < -0.3 is 10.7 Å². The molecule has 2 rings (SSSR count). The normalized spacial score (nSPS) is 10.9. The van der Waals surface area contributed by atoms with Crippen molar-refractivity contribution in [3.8, 4) is 0 Å². The van der Waals surface area contributed by atoms with Crippen molar-refractivity contribution in [2.75, 3.05) is 6.54 Å². The van der Waals surface area contributed by atoms with Gasteiger partial charge in [-0.1, -0.05) is 17.7 Å². The molecule has 3 N–H and O–H groups in total. The van der Waals surface area contributed by atoms with E-state index in [2.05, 4.69) is 9.97 Å². The van der Waals surface area contributed by atoms with Crippen LogP contribution in [0.4, 0.5) is 0 Å². The molecule has 0 atom stereocenters. The van der Waals surface area contributed by atoms with Crippen molar-refractivity contribution in [1.82, 2.24) is 9.97 Å². The number of hydrogen-bond acceptors (Lipinski definition) is 3. The number of fused-ring (bicyclic) bond motifs is 1. The van der Waals surface area contributed by atoms with Gasteiger partial charge in [-0.3, -0.25) is 4.79 Å². The predicted molar refractivity (Wildman–Crippen MR) is 64.7 cm³/mol. The first-order valence-electron chi connectivity index (χ1n) is 5.10. The van der Waals surface area contributed by atoms with Crippen molar-refractivity contribution < 1.29 is 0 Å². The monoisotopic (exact) mass is 237 g/mol. The smallest absolute Gasteiger partial charge is 0.258 e. The van der Waals surface area contributed by atoms with Gasteiger partial charge in [-0.15, -0.1) is 0 Å². The molecule has 1 aromatic carbocycles. The third-order valence-corrected chi connectivity index (χ3v) is 2.66. The number of H-pyrrole nitrogens is 1. The summed E-state index contributed by atoms with van der Waals surface area (Å²) >= 11 is 6.00. The Balaban J connectivity index is 2.57. The van der Waals surface area contributed by atoms with Crippen LogP contribution in [0, 0.1) is 0 Å². The summed E-state index contributed by atoms with van der Waals surface area (Å²) in [5.41, 5.74) is 5.81. The highest BCUT2D eigenvalue weighted by Crippen LogP contribution is 2.18. The number of aromatic nitrogens is 2.